The van der Waals surface area contributed by atoms with Crippen LogP contribution < -0.4 is 9.80 Å². The molecule has 6 nitrogen and oxygen atoms in total. The molecule has 0 unspecified atom stereocenters. The molecular weight excluding hydrogens is 332 g/mol. The van der Waals surface area contributed by atoms with Gasteiger partial charge in [0.15, 0.2) is 5.13 Å². The minimum absolute atomic E-state index is 0.902. The molecule has 132 valence electrons. The highest BCUT2D eigenvalue weighted by Gasteiger charge is 2.17. The molecule has 1 aliphatic rings. The van der Waals surface area contributed by atoms with Crippen LogP contribution in [-0.4, -0.2) is 67.2 Å². The lowest BCUT2D eigenvalue weighted by Gasteiger charge is -2.34. The molecule has 1 aliphatic heterocycles. The Morgan fingerprint density at radius 1 is 1.16 bits per heavy atom. The van der Waals surface area contributed by atoms with Crippen LogP contribution in [0, 0.1) is 6.92 Å². The van der Waals surface area contributed by atoms with Gasteiger partial charge in [0.2, 0.25) is 0 Å². The third-order valence-electron chi connectivity index (χ3n) is 4.74. The summed E-state index contributed by atoms with van der Waals surface area (Å²) in [4.78, 5) is 20.7. The minimum Gasteiger partial charge on any atom is -0.369 e. The summed E-state index contributed by atoms with van der Waals surface area (Å²) in [5, 5.41) is 0.991. The summed E-state index contributed by atoms with van der Waals surface area (Å²) in [5.41, 5.74) is 4.65. The molecule has 0 saturated carbocycles. The first-order valence-corrected chi connectivity index (χ1v) is 9.40. The van der Waals surface area contributed by atoms with Crippen LogP contribution >= 0.6 is 11.3 Å². The molecule has 0 aliphatic carbocycles. The van der Waals surface area contributed by atoms with Gasteiger partial charge < -0.3 is 19.7 Å². The zero-order valence-corrected chi connectivity index (χ0v) is 16.0. The van der Waals surface area contributed by atoms with Gasteiger partial charge in [0.1, 0.15) is 5.82 Å². The fourth-order valence-corrected chi connectivity index (χ4v) is 4.00. The highest BCUT2D eigenvalue weighted by atomic mass is 32.1. The average molecular weight is 356 g/mol. The molecule has 25 heavy (non-hydrogen) atoms. The minimum atomic E-state index is 0.902. The van der Waals surface area contributed by atoms with Crippen molar-refractivity contribution < 1.29 is 0 Å². The van der Waals surface area contributed by atoms with Crippen molar-refractivity contribution in [1.82, 2.24) is 19.9 Å². The molecular formula is C18H24N6S. The van der Waals surface area contributed by atoms with E-state index in [4.69, 9.17) is 4.98 Å². The van der Waals surface area contributed by atoms with Gasteiger partial charge in [0.05, 0.1) is 22.1 Å². The zero-order chi connectivity index (χ0) is 17.6. The fraction of sp³-hybridized carbons (Fsp3) is 0.444. The number of hydrogen-bond donors (Lipinski definition) is 1. The molecule has 1 N–H and O–H groups in total. The van der Waals surface area contributed by atoms with E-state index >= 15 is 0 Å². The molecule has 0 atom stereocenters. The third-order valence-corrected chi connectivity index (χ3v) is 5.91. The number of aromatic nitrogens is 3. The Hall–Kier alpha value is -2.12. The lowest BCUT2D eigenvalue weighted by molar-refractivity contribution is 0.313. The molecule has 1 aromatic carbocycles. The van der Waals surface area contributed by atoms with E-state index in [0.717, 1.165) is 53.0 Å². The summed E-state index contributed by atoms with van der Waals surface area (Å²) < 4.78 is 0. The van der Waals surface area contributed by atoms with Crippen LogP contribution in [0.5, 0.6) is 0 Å². The molecule has 0 amide bonds. The summed E-state index contributed by atoms with van der Waals surface area (Å²) >= 11 is 1.65. The summed E-state index contributed by atoms with van der Waals surface area (Å²) in [6.45, 7) is 6.51. The van der Waals surface area contributed by atoms with Gasteiger partial charge in [-0.25, -0.2) is 9.97 Å². The smallest absolute Gasteiger partial charge is 0.185 e. The SMILES string of the molecule is Cc1cc(N2CCN(C)CC2)cc2[nH]c(-c3cnc(N(C)C)s3)nc12. The summed E-state index contributed by atoms with van der Waals surface area (Å²) in [6, 6.07) is 4.49. The van der Waals surface area contributed by atoms with Crippen molar-refractivity contribution in [3.63, 3.8) is 0 Å². The van der Waals surface area contributed by atoms with E-state index in [1.54, 1.807) is 11.3 Å². The molecule has 0 bridgehead atoms. The van der Waals surface area contributed by atoms with Gasteiger partial charge in [-0.1, -0.05) is 11.3 Å². The van der Waals surface area contributed by atoms with Crippen LogP contribution in [0.1, 0.15) is 5.56 Å². The second kappa shape index (κ2) is 6.31. The van der Waals surface area contributed by atoms with Crippen molar-refractivity contribution in [3.05, 3.63) is 23.9 Å². The molecule has 1 fully saturated rings. The van der Waals surface area contributed by atoms with Crippen molar-refractivity contribution in [1.29, 1.82) is 0 Å². The van der Waals surface area contributed by atoms with Gasteiger partial charge in [-0.15, -0.1) is 0 Å². The number of nitrogens with one attached hydrogen (secondary N) is 1. The van der Waals surface area contributed by atoms with E-state index in [-0.39, 0.29) is 0 Å². The van der Waals surface area contributed by atoms with E-state index < -0.39 is 0 Å². The summed E-state index contributed by atoms with van der Waals surface area (Å²) in [6.07, 6.45) is 1.90. The van der Waals surface area contributed by atoms with Crippen LogP contribution in [-0.2, 0) is 0 Å². The zero-order valence-electron chi connectivity index (χ0n) is 15.2. The average Bonchev–Trinajstić information content (AvgIpc) is 3.22. The highest BCUT2D eigenvalue weighted by Crippen LogP contribution is 2.32. The summed E-state index contributed by atoms with van der Waals surface area (Å²) in [7, 11) is 6.20. The van der Waals surface area contributed by atoms with E-state index in [1.165, 1.54) is 11.3 Å². The fourth-order valence-electron chi connectivity index (χ4n) is 3.22. The Balaban J connectivity index is 1.69. The molecule has 0 radical (unpaired) electrons. The number of benzene rings is 1. The number of thiazole rings is 1. The number of anilines is 2. The first kappa shape index (κ1) is 16.4. The maximum Gasteiger partial charge on any atom is 0.185 e. The van der Waals surface area contributed by atoms with E-state index in [1.807, 2.05) is 25.2 Å². The number of imidazole rings is 1. The Labute approximate surface area is 152 Å². The third kappa shape index (κ3) is 3.09. The van der Waals surface area contributed by atoms with E-state index in [9.17, 15) is 0 Å². The van der Waals surface area contributed by atoms with Crippen LogP contribution in [0.3, 0.4) is 0 Å². The largest absolute Gasteiger partial charge is 0.369 e. The number of rotatable bonds is 3. The Morgan fingerprint density at radius 2 is 1.92 bits per heavy atom. The van der Waals surface area contributed by atoms with Gasteiger partial charge in [-0.05, 0) is 31.7 Å². The van der Waals surface area contributed by atoms with Gasteiger partial charge in [0.25, 0.3) is 0 Å². The van der Waals surface area contributed by atoms with Crippen LogP contribution in [0.15, 0.2) is 18.3 Å². The highest BCUT2D eigenvalue weighted by molar-refractivity contribution is 7.18. The molecule has 3 heterocycles. The molecule has 3 aromatic rings. The van der Waals surface area contributed by atoms with Crippen molar-refractivity contribution >= 4 is 33.2 Å². The number of H-pyrrole nitrogens is 1. The molecule has 0 spiro atoms. The van der Waals surface area contributed by atoms with Gasteiger partial charge in [-0.2, -0.15) is 0 Å². The number of aryl methyl sites for hydroxylation is 1. The maximum atomic E-state index is 4.82. The van der Waals surface area contributed by atoms with E-state index in [0.29, 0.717) is 0 Å². The second-order valence-corrected chi connectivity index (χ2v) is 7.95. The first-order valence-electron chi connectivity index (χ1n) is 8.58. The van der Waals surface area contributed by atoms with Crippen LogP contribution in [0.4, 0.5) is 10.8 Å². The Morgan fingerprint density at radius 3 is 2.60 bits per heavy atom. The van der Waals surface area contributed by atoms with Gasteiger partial charge >= 0.3 is 0 Å². The lowest BCUT2D eigenvalue weighted by atomic mass is 10.1. The number of piperazine rings is 1. The molecule has 4 rings (SSSR count). The number of nitrogens with zero attached hydrogens (tertiary/aromatic N) is 5. The number of fused-ring (bicyclic) bond motifs is 1. The first-order chi connectivity index (χ1) is 12.0. The van der Waals surface area contributed by atoms with Gasteiger partial charge in [-0.3, -0.25) is 0 Å². The number of aromatic amines is 1. The maximum absolute atomic E-state index is 4.82. The number of hydrogen-bond acceptors (Lipinski definition) is 6. The second-order valence-electron chi connectivity index (χ2n) is 6.94. The van der Waals surface area contributed by atoms with Crippen molar-refractivity contribution in [2.75, 3.05) is 57.1 Å². The van der Waals surface area contributed by atoms with Crippen molar-refractivity contribution in [2.24, 2.45) is 0 Å². The Bertz CT molecular complexity index is 888. The predicted octanol–water partition coefficient (Wildman–Crippen LogP) is 2.81. The molecule has 7 heteroatoms. The molecule has 1 saturated heterocycles. The quantitative estimate of drug-likeness (QED) is 0.782. The molecule has 2 aromatic heterocycles. The Kier molecular flexibility index (Phi) is 4.13. The topological polar surface area (TPSA) is 51.3 Å². The van der Waals surface area contributed by atoms with Gasteiger partial charge in [0, 0.05) is 46.0 Å². The van der Waals surface area contributed by atoms with E-state index in [2.05, 4.69) is 45.9 Å². The van der Waals surface area contributed by atoms with Crippen molar-refractivity contribution in [2.45, 2.75) is 6.92 Å². The summed E-state index contributed by atoms with van der Waals surface area (Å²) in [5.74, 6) is 0.902. The lowest BCUT2D eigenvalue weighted by Crippen LogP contribution is -2.44. The predicted molar refractivity (Wildman–Crippen MR) is 106 cm³/mol. The monoisotopic (exact) mass is 356 g/mol. The van der Waals surface area contributed by atoms with Crippen LogP contribution in [0.25, 0.3) is 21.7 Å². The normalized spacial score (nSPS) is 15.9. The standard InChI is InChI=1S/C18H24N6S/c1-12-9-13(24-7-5-23(4)6-8-24)10-14-16(12)21-17(20-14)15-11-19-18(25-15)22(2)3/h9-11H,5-8H2,1-4H3,(H,20,21). The van der Waals surface area contributed by atoms with Crippen LogP contribution in [0.2, 0.25) is 0 Å². The number of likely N-dealkylation sites (N-methyl/N-ethyl adjacent to an activating group) is 1. The van der Waals surface area contributed by atoms with Crippen molar-refractivity contribution in [3.8, 4) is 10.7 Å².